The van der Waals surface area contributed by atoms with Gasteiger partial charge in [0.25, 0.3) is 0 Å². The molecule has 0 amide bonds. The van der Waals surface area contributed by atoms with Gasteiger partial charge in [-0.25, -0.2) is 4.39 Å². The first-order chi connectivity index (χ1) is 11.2. The lowest BCUT2D eigenvalue weighted by Gasteiger charge is -2.18. The van der Waals surface area contributed by atoms with E-state index in [-0.39, 0.29) is 17.4 Å². The van der Waals surface area contributed by atoms with Gasteiger partial charge in [-0.15, -0.1) is 0 Å². The molecule has 3 nitrogen and oxygen atoms in total. The van der Waals surface area contributed by atoms with Gasteiger partial charge >= 0.3 is 5.69 Å². The minimum absolute atomic E-state index is 0.0799. The quantitative estimate of drug-likeness (QED) is 0.554. The Kier molecular flexibility index (Phi) is 5.32. The van der Waals surface area contributed by atoms with Crippen molar-refractivity contribution in [1.29, 1.82) is 0 Å². The van der Waals surface area contributed by atoms with Gasteiger partial charge in [-0.3, -0.25) is 10.1 Å². The van der Waals surface area contributed by atoms with Crippen LogP contribution in [-0.4, -0.2) is 4.92 Å². The van der Waals surface area contributed by atoms with Gasteiger partial charge in [0.1, 0.15) is 5.82 Å². The Bertz CT molecular complexity index is 734. The molecule has 0 radical (unpaired) electrons. The van der Waals surface area contributed by atoms with Gasteiger partial charge in [-0.1, -0.05) is 45.0 Å². The molecule has 0 N–H and O–H groups in total. The summed E-state index contributed by atoms with van der Waals surface area (Å²) >= 11 is 0. The summed E-state index contributed by atoms with van der Waals surface area (Å²) in [4.78, 5) is 10.2. The molecule has 128 valence electrons. The molecule has 2 aromatic carbocycles. The van der Waals surface area contributed by atoms with Gasteiger partial charge in [0.05, 0.1) is 4.92 Å². The molecule has 0 heterocycles. The highest BCUT2D eigenvalue weighted by Crippen LogP contribution is 2.26. The monoisotopic (exact) mass is 333 g/mol. The van der Waals surface area contributed by atoms with Crippen molar-refractivity contribution < 1.29 is 13.7 Å². The highest BCUT2D eigenvalue weighted by Gasteiger charge is 2.21. The number of benzene rings is 2. The van der Waals surface area contributed by atoms with Crippen molar-refractivity contribution in [2.75, 3.05) is 0 Å². The molecular formula is C19H21F2NO2. The first kappa shape index (κ1) is 18.0. The van der Waals surface area contributed by atoms with Crippen molar-refractivity contribution in [3.63, 3.8) is 0 Å². The zero-order valence-corrected chi connectivity index (χ0v) is 14.1. The number of nitrogens with zero attached hydrogens (tertiary/aromatic N) is 1. The molecule has 0 unspecified atom stereocenters. The lowest BCUT2D eigenvalue weighted by molar-refractivity contribution is -0.388. The third-order valence-corrected chi connectivity index (χ3v) is 3.73. The average molecular weight is 333 g/mol. The van der Waals surface area contributed by atoms with Crippen molar-refractivity contribution in [2.24, 2.45) is 5.41 Å². The van der Waals surface area contributed by atoms with Gasteiger partial charge in [-0.2, -0.15) is 4.39 Å². The van der Waals surface area contributed by atoms with Crippen LogP contribution in [0.4, 0.5) is 14.5 Å². The molecule has 0 aliphatic carbocycles. The normalized spacial score (nSPS) is 11.5. The zero-order valence-electron chi connectivity index (χ0n) is 14.1. The Labute approximate surface area is 140 Å². The van der Waals surface area contributed by atoms with Crippen LogP contribution in [0.5, 0.6) is 0 Å². The van der Waals surface area contributed by atoms with Crippen LogP contribution in [-0.2, 0) is 19.3 Å². The Balaban J connectivity index is 2.13. The van der Waals surface area contributed by atoms with Crippen molar-refractivity contribution in [2.45, 2.75) is 40.0 Å². The minimum Gasteiger partial charge on any atom is -0.258 e. The lowest BCUT2D eigenvalue weighted by Crippen LogP contribution is -2.09. The maximum absolute atomic E-state index is 13.6. The summed E-state index contributed by atoms with van der Waals surface area (Å²) in [7, 11) is 0. The molecule has 24 heavy (non-hydrogen) atoms. The second-order valence-electron chi connectivity index (χ2n) is 7.21. The van der Waals surface area contributed by atoms with Crippen LogP contribution in [0, 0.1) is 27.2 Å². The Morgan fingerprint density at radius 3 is 2.12 bits per heavy atom. The summed E-state index contributed by atoms with van der Waals surface area (Å²) in [5.74, 6) is -1.93. The molecule has 0 saturated carbocycles. The second kappa shape index (κ2) is 7.07. The van der Waals surface area contributed by atoms with E-state index in [4.69, 9.17) is 0 Å². The fourth-order valence-corrected chi connectivity index (χ4v) is 2.73. The van der Waals surface area contributed by atoms with E-state index >= 15 is 0 Å². The van der Waals surface area contributed by atoms with Crippen LogP contribution < -0.4 is 0 Å². The Hall–Kier alpha value is -2.30. The lowest BCUT2D eigenvalue weighted by atomic mass is 9.88. The summed E-state index contributed by atoms with van der Waals surface area (Å²) in [6.45, 7) is 6.50. The zero-order chi connectivity index (χ0) is 17.9. The first-order valence-corrected chi connectivity index (χ1v) is 7.86. The standard InChI is InChI=1S/C19H21F2NO2/c1-19(2,3)12-14-6-4-13(5-7-14)8-9-15-10-16(20)11-17(21)18(15)22(23)24/h4-7,10-11H,8-9,12H2,1-3H3. The van der Waals surface area contributed by atoms with Crippen LogP contribution in [0.15, 0.2) is 36.4 Å². The molecule has 0 fully saturated rings. The van der Waals surface area contributed by atoms with E-state index in [1.54, 1.807) is 0 Å². The number of hydrogen-bond acceptors (Lipinski definition) is 2. The van der Waals surface area contributed by atoms with Crippen LogP contribution in [0.2, 0.25) is 0 Å². The fraction of sp³-hybridized carbons (Fsp3) is 0.368. The highest BCUT2D eigenvalue weighted by molar-refractivity contribution is 5.42. The number of hydrogen-bond donors (Lipinski definition) is 0. The summed E-state index contributed by atoms with van der Waals surface area (Å²) in [6, 6.07) is 9.56. The van der Waals surface area contributed by atoms with E-state index in [1.807, 2.05) is 24.3 Å². The summed E-state index contributed by atoms with van der Waals surface area (Å²) in [5, 5.41) is 11.0. The van der Waals surface area contributed by atoms with Gasteiger partial charge in [-0.05, 0) is 41.9 Å². The smallest absolute Gasteiger partial charge is 0.258 e. The Morgan fingerprint density at radius 2 is 1.58 bits per heavy atom. The molecule has 0 aromatic heterocycles. The van der Waals surface area contributed by atoms with E-state index in [1.165, 1.54) is 5.56 Å². The van der Waals surface area contributed by atoms with E-state index in [0.717, 1.165) is 18.1 Å². The van der Waals surface area contributed by atoms with Crippen molar-refractivity contribution >= 4 is 5.69 Å². The molecule has 2 rings (SSSR count). The number of nitro benzene ring substituents is 1. The topological polar surface area (TPSA) is 43.1 Å². The number of aryl methyl sites for hydroxylation is 2. The maximum Gasteiger partial charge on any atom is 0.308 e. The van der Waals surface area contributed by atoms with Crippen LogP contribution in [0.25, 0.3) is 0 Å². The van der Waals surface area contributed by atoms with E-state index in [2.05, 4.69) is 20.8 Å². The van der Waals surface area contributed by atoms with Gasteiger partial charge < -0.3 is 0 Å². The molecule has 0 aliphatic heterocycles. The third kappa shape index (κ3) is 4.85. The minimum atomic E-state index is -1.13. The van der Waals surface area contributed by atoms with Crippen molar-refractivity contribution in [1.82, 2.24) is 0 Å². The van der Waals surface area contributed by atoms with E-state index in [0.29, 0.717) is 12.5 Å². The fourth-order valence-electron chi connectivity index (χ4n) is 2.73. The van der Waals surface area contributed by atoms with Crippen LogP contribution in [0.1, 0.15) is 37.5 Å². The SMILES string of the molecule is CC(C)(C)Cc1ccc(CCc2cc(F)cc(F)c2[N+](=O)[O-])cc1. The van der Waals surface area contributed by atoms with E-state index < -0.39 is 22.2 Å². The predicted molar refractivity (Wildman–Crippen MR) is 90.0 cm³/mol. The molecule has 0 saturated heterocycles. The first-order valence-electron chi connectivity index (χ1n) is 7.86. The summed E-state index contributed by atoms with van der Waals surface area (Å²) in [6.07, 6.45) is 1.65. The number of halogens is 2. The number of nitro groups is 1. The van der Waals surface area contributed by atoms with E-state index in [9.17, 15) is 18.9 Å². The van der Waals surface area contributed by atoms with Gasteiger partial charge in [0.2, 0.25) is 5.82 Å². The highest BCUT2D eigenvalue weighted by atomic mass is 19.1. The largest absolute Gasteiger partial charge is 0.308 e. The number of rotatable bonds is 5. The van der Waals surface area contributed by atoms with Crippen LogP contribution >= 0.6 is 0 Å². The molecule has 0 spiro atoms. The third-order valence-electron chi connectivity index (χ3n) is 3.73. The molecule has 0 atom stereocenters. The van der Waals surface area contributed by atoms with Gasteiger partial charge in [0, 0.05) is 11.6 Å². The molecule has 0 bridgehead atoms. The van der Waals surface area contributed by atoms with Crippen molar-refractivity contribution in [3.8, 4) is 0 Å². The van der Waals surface area contributed by atoms with Crippen molar-refractivity contribution in [3.05, 3.63) is 74.8 Å². The summed E-state index contributed by atoms with van der Waals surface area (Å²) < 4.78 is 27.0. The average Bonchev–Trinajstić information content (AvgIpc) is 2.43. The molecule has 0 aliphatic rings. The van der Waals surface area contributed by atoms with Gasteiger partial charge in [0.15, 0.2) is 0 Å². The summed E-state index contributed by atoms with van der Waals surface area (Å²) in [5.41, 5.74) is 1.83. The molecule has 2 aromatic rings. The second-order valence-corrected chi connectivity index (χ2v) is 7.21. The molecular weight excluding hydrogens is 312 g/mol. The maximum atomic E-state index is 13.6. The van der Waals surface area contributed by atoms with Crippen LogP contribution in [0.3, 0.4) is 0 Å². The predicted octanol–water partition coefficient (Wildman–Crippen LogP) is 5.25. The Morgan fingerprint density at radius 1 is 1.00 bits per heavy atom. The molecule has 5 heteroatoms.